The van der Waals surface area contributed by atoms with Crippen molar-refractivity contribution in [3.8, 4) is 0 Å². The molecule has 4 nitrogen and oxygen atoms in total. The Morgan fingerprint density at radius 2 is 2.25 bits per heavy atom. The number of piperidine rings is 3. The first-order chi connectivity index (χ1) is 13.7. The van der Waals surface area contributed by atoms with Gasteiger partial charge in [0.2, 0.25) is 0 Å². The van der Waals surface area contributed by atoms with Crippen molar-refractivity contribution in [1.29, 1.82) is 0 Å². The van der Waals surface area contributed by atoms with Crippen LogP contribution in [0.5, 0.6) is 0 Å². The smallest absolute Gasteiger partial charge is 0.303 e. The van der Waals surface area contributed by atoms with Crippen LogP contribution in [-0.2, 0) is 9.53 Å². The van der Waals surface area contributed by atoms with Crippen molar-refractivity contribution in [3.63, 3.8) is 0 Å². The molecule has 28 heavy (non-hydrogen) atoms. The molecular formula is C24H30N2O2. The van der Waals surface area contributed by atoms with E-state index in [2.05, 4.69) is 22.5 Å². The third-order valence-electron chi connectivity index (χ3n) is 6.55. The molecule has 3 aliphatic rings. The molecule has 0 radical (unpaired) electrons. The van der Waals surface area contributed by atoms with Crippen molar-refractivity contribution in [3.05, 3.63) is 54.7 Å². The van der Waals surface area contributed by atoms with Gasteiger partial charge in [-0.1, -0.05) is 24.3 Å². The summed E-state index contributed by atoms with van der Waals surface area (Å²) in [5.41, 5.74) is 2.04. The molecule has 1 aromatic heterocycles. The highest BCUT2D eigenvalue weighted by molar-refractivity contribution is 5.82. The fraction of sp³-hybridized carbons (Fsp3) is 0.500. The minimum Gasteiger partial charge on any atom is -0.456 e. The molecule has 0 N–H and O–H groups in total. The number of carbonyl (C=O) groups is 1. The lowest BCUT2D eigenvalue weighted by molar-refractivity contribution is -0.155. The second kappa shape index (κ2) is 8.44. The first-order valence-electron chi connectivity index (χ1n) is 10.5. The molecule has 148 valence electrons. The number of pyridine rings is 1. The Morgan fingerprint density at radius 1 is 1.39 bits per heavy atom. The topological polar surface area (TPSA) is 42.4 Å². The third-order valence-corrected chi connectivity index (χ3v) is 6.55. The van der Waals surface area contributed by atoms with Crippen molar-refractivity contribution in [2.75, 3.05) is 13.1 Å². The van der Waals surface area contributed by atoms with Crippen LogP contribution in [0.25, 0.3) is 10.9 Å². The number of rotatable bonds is 7. The molecule has 1 aromatic carbocycles. The van der Waals surface area contributed by atoms with Crippen molar-refractivity contribution < 1.29 is 9.53 Å². The summed E-state index contributed by atoms with van der Waals surface area (Å²) in [5, 5.41) is 1.08. The number of aromatic nitrogens is 1. The summed E-state index contributed by atoms with van der Waals surface area (Å²) in [6.07, 6.45) is 9.60. The van der Waals surface area contributed by atoms with E-state index in [0.29, 0.717) is 0 Å². The van der Waals surface area contributed by atoms with Crippen molar-refractivity contribution >= 4 is 16.9 Å². The highest BCUT2D eigenvalue weighted by atomic mass is 16.5. The maximum Gasteiger partial charge on any atom is 0.303 e. The number of hydrogen-bond acceptors (Lipinski definition) is 4. The largest absolute Gasteiger partial charge is 0.456 e. The van der Waals surface area contributed by atoms with Crippen molar-refractivity contribution in [1.82, 2.24) is 9.88 Å². The Morgan fingerprint density at radius 3 is 3.00 bits per heavy atom. The fourth-order valence-electron chi connectivity index (χ4n) is 5.24. The second-order valence-corrected chi connectivity index (χ2v) is 8.27. The van der Waals surface area contributed by atoms with E-state index in [-0.39, 0.29) is 18.1 Å². The highest BCUT2D eigenvalue weighted by Gasteiger charge is 2.44. The molecule has 4 heterocycles. The normalized spacial score (nSPS) is 27.5. The number of para-hydroxylation sites is 1. The highest BCUT2D eigenvalue weighted by Crippen LogP contribution is 2.44. The Kier molecular flexibility index (Phi) is 5.77. The van der Waals surface area contributed by atoms with Gasteiger partial charge < -0.3 is 4.74 Å². The van der Waals surface area contributed by atoms with Crippen molar-refractivity contribution in [2.24, 2.45) is 11.8 Å². The molecule has 2 bridgehead atoms. The van der Waals surface area contributed by atoms with Gasteiger partial charge in [-0.2, -0.15) is 0 Å². The monoisotopic (exact) mass is 378 g/mol. The van der Waals surface area contributed by atoms with Gasteiger partial charge in [0.1, 0.15) is 6.10 Å². The quantitative estimate of drug-likeness (QED) is 0.390. The van der Waals surface area contributed by atoms with Gasteiger partial charge in [-0.15, -0.1) is 6.58 Å². The number of allylic oxidation sites excluding steroid dienone is 1. The molecule has 0 aliphatic carbocycles. The van der Waals surface area contributed by atoms with E-state index in [1.807, 2.05) is 36.5 Å². The van der Waals surface area contributed by atoms with E-state index in [1.165, 1.54) is 26.2 Å². The van der Waals surface area contributed by atoms with Crippen molar-refractivity contribution in [2.45, 2.75) is 51.2 Å². The summed E-state index contributed by atoms with van der Waals surface area (Å²) in [6.45, 7) is 7.59. The molecule has 4 heteroatoms. The van der Waals surface area contributed by atoms with E-state index < -0.39 is 0 Å². The minimum atomic E-state index is -0.234. The van der Waals surface area contributed by atoms with Crippen LogP contribution in [0, 0.1) is 11.8 Å². The lowest BCUT2D eigenvalue weighted by atomic mass is 9.72. The zero-order valence-electron chi connectivity index (χ0n) is 16.7. The van der Waals surface area contributed by atoms with E-state index in [9.17, 15) is 4.79 Å². The zero-order valence-corrected chi connectivity index (χ0v) is 16.7. The Bertz CT molecular complexity index is 844. The number of fused-ring (bicyclic) bond motifs is 4. The maximum absolute atomic E-state index is 12.0. The van der Waals surface area contributed by atoms with Crippen LogP contribution in [0.15, 0.2) is 49.2 Å². The molecular weight excluding hydrogens is 348 g/mol. The molecule has 3 aliphatic heterocycles. The lowest BCUT2D eigenvalue weighted by Gasteiger charge is -2.52. The van der Waals surface area contributed by atoms with Gasteiger partial charge in [-0.25, -0.2) is 0 Å². The van der Waals surface area contributed by atoms with E-state index in [4.69, 9.17) is 4.74 Å². The summed E-state index contributed by atoms with van der Waals surface area (Å²) in [5.74, 6) is 1.28. The molecule has 0 spiro atoms. The third kappa shape index (κ3) is 3.83. The maximum atomic E-state index is 12.0. The Balaban J connectivity index is 1.61. The first-order valence-corrected chi connectivity index (χ1v) is 10.5. The van der Waals surface area contributed by atoms with Gasteiger partial charge in [0.25, 0.3) is 0 Å². The molecule has 5 rings (SSSR count). The average molecular weight is 379 g/mol. The van der Waals surface area contributed by atoms with Gasteiger partial charge in [0, 0.05) is 30.6 Å². The van der Waals surface area contributed by atoms with Crippen LogP contribution in [0.2, 0.25) is 0 Å². The van der Waals surface area contributed by atoms with Crippen LogP contribution in [-0.4, -0.2) is 35.0 Å². The number of unbranched alkanes of at least 4 members (excludes halogenated alkanes) is 1. The Labute approximate surface area is 167 Å². The summed E-state index contributed by atoms with van der Waals surface area (Å²) >= 11 is 0. The van der Waals surface area contributed by atoms with Gasteiger partial charge in [0.15, 0.2) is 0 Å². The Hall–Kier alpha value is -2.20. The number of esters is 1. The van der Waals surface area contributed by atoms with Gasteiger partial charge >= 0.3 is 5.97 Å². The summed E-state index contributed by atoms with van der Waals surface area (Å²) < 4.78 is 5.95. The predicted molar refractivity (Wildman–Crippen MR) is 112 cm³/mol. The molecule has 3 fully saturated rings. The number of hydrogen-bond donors (Lipinski definition) is 0. The minimum absolute atomic E-state index is 0.212. The number of ether oxygens (including phenoxy) is 1. The number of carbonyl (C=O) groups excluding carboxylic acids is 1. The SMILES string of the molecule is C=CCCCC1CN2CCC1CC2[C@H](OC(C)=O)c1ccnc2ccccc12. The van der Waals surface area contributed by atoms with E-state index in [0.717, 1.165) is 54.2 Å². The molecule has 0 saturated carbocycles. The molecule has 3 saturated heterocycles. The summed E-state index contributed by atoms with van der Waals surface area (Å²) in [7, 11) is 0. The van der Waals surface area contributed by atoms with Crippen LogP contribution in [0.4, 0.5) is 0 Å². The van der Waals surface area contributed by atoms with Gasteiger partial charge in [-0.05, 0) is 62.6 Å². The average Bonchev–Trinajstić information content (AvgIpc) is 2.72. The van der Waals surface area contributed by atoms with Gasteiger partial charge in [0.05, 0.1) is 11.6 Å². The summed E-state index contributed by atoms with van der Waals surface area (Å²) in [6, 6.07) is 10.4. The first kappa shape index (κ1) is 19.1. The van der Waals surface area contributed by atoms with Crippen LogP contribution < -0.4 is 0 Å². The van der Waals surface area contributed by atoms with E-state index >= 15 is 0 Å². The number of benzene rings is 1. The van der Waals surface area contributed by atoms with Crippen LogP contribution >= 0.6 is 0 Å². The second-order valence-electron chi connectivity index (χ2n) is 8.27. The zero-order chi connectivity index (χ0) is 19.5. The molecule has 2 aromatic rings. The van der Waals surface area contributed by atoms with Crippen LogP contribution in [0.3, 0.4) is 0 Å². The number of nitrogens with zero attached hydrogens (tertiary/aromatic N) is 2. The molecule has 5 atom stereocenters. The van der Waals surface area contributed by atoms with E-state index in [1.54, 1.807) is 0 Å². The lowest BCUT2D eigenvalue weighted by Crippen LogP contribution is -2.55. The standard InChI is InChI=1S/C24H30N2O2/c1-3-4-5-8-19-16-26-14-12-18(19)15-23(26)24(28-17(2)27)21-11-13-25-22-10-7-6-9-20(21)22/h3,6-7,9-11,13,18-19,23-24H,1,4-5,8,12,14-16H2,2H3/t18?,19?,23?,24-/m1/s1. The van der Waals surface area contributed by atoms with Gasteiger partial charge in [-0.3, -0.25) is 14.7 Å². The summed E-state index contributed by atoms with van der Waals surface area (Å²) in [4.78, 5) is 19.0. The molecule has 0 amide bonds. The predicted octanol–water partition coefficient (Wildman–Crippen LogP) is 4.91. The fourth-order valence-corrected chi connectivity index (χ4v) is 5.24. The molecule has 4 unspecified atom stereocenters. The van der Waals surface area contributed by atoms with Crippen LogP contribution in [0.1, 0.15) is 50.7 Å².